The number of halogens is 1. The molecule has 96 valence electrons. The van der Waals surface area contributed by atoms with Crippen molar-refractivity contribution >= 4 is 21.7 Å². The highest BCUT2D eigenvalue weighted by molar-refractivity contribution is 9.09. The average Bonchev–Trinajstić information content (AvgIpc) is 2.97. The number of aromatic hydroxyl groups is 1. The Balaban J connectivity index is 2.05. The van der Waals surface area contributed by atoms with E-state index in [1.807, 2.05) is 0 Å². The highest BCUT2D eigenvalue weighted by Gasteiger charge is 2.41. The molecule has 18 heavy (non-hydrogen) atoms. The summed E-state index contributed by atoms with van der Waals surface area (Å²) in [7, 11) is 0. The summed E-state index contributed by atoms with van der Waals surface area (Å²) in [5, 5.41) is 10.4. The molecule has 1 saturated carbocycles. The van der Waals surface area contributed by atoms with Gasteiger partial charge in [-0.1, -0.05) is 28.8 Å². The Morgan fingerprint density at radius 2 is 1.89 bits per heavy atom. The lowest BCUT2D eigenvalue weighted by molar-refractivity contribution is 0.102. The molecule has 3 heteroatoms. The fraction of sp³-hybridized carbons (Fsp3) is 0.533. The van der Waals surface area contributed by atoms with Crippen LogP contribution in [0.3, 0.4) is 0 Å². The number of carbonyl (C=O) groups excluding carboxylic acids is 1. The number of rotatable bonds is 2. The summed E-state index contributed by atoms with van der Waals surface area (Å²) in [5.74, 6) is 0.501. The number of phenolic OH excluding ortho intramolecular Hbond substituents is 1. The minimum absolute atomic E-state index is 0.126. The minimum atomic E-state index is 0.126. The van der Waals surface area contributed by atoms with Crippen molar-refractivity contribution in [3.05, 3.63) is 28.8 Å². The number of fused-ring (bicyclic) bond motifs is 1. The van der Waals surface area contributed by atoms with Crippen molar-refractivity contribution in [2.45, 2.75) is 38.5 Å². The largest absolute Gasteiger partial charge is 0.508 e. The first-order valence-electron chi connectivity index (χ1n) is 6.58. The van der Waals surface area contributed by atoms with Crippen LogP contribution in [0.15, 0.2) is 12.1 Å². The number of benzene rings is 1. The van der Waals surface area contributed by atoms with Crippen molar-refractivity contribution in [3.63, 3.8) is 0 Å². The van der Waals surface area contributed by atoms with Gasteiger partial charge in [0.1, 0.15) is 5.75 Å². The van der Waals surface area contributed by atoms with E-state index in [0.717, 1.165) is 29.5 Å². The molecule has 0 aliphatic heterocycles. The molecule has 2 aliphatic carbocycles. The fourth-order valence-corrected chi connectivity index (χ4v) is 4.01. The Hall–Kier alpha value is -0.830. The summed E-state index contributed by atoms with van der Waals surface area (Å²) in [6.07, 6.45) is 6.99. The van der Waals surface area contributed by atoms with Crippen molar-refractivity contribution in [1.29, 1.82) is 0 Å². The molecule has 3 rings (SSSR count). The van der Waals surface area contributed by atoms with E-state index in [2.05, 4.69) is 15.9 Å². The van der Waals surface area contributed by atoms with Gasteiger partial charge in [-0.15, -0.1) is 0 Å². The van der Waals surface area contributed by atoms with E-state index in [9.17, 15) is 9.90 Å². The van der Waals surface area contributed by atoms with Crippen LogP contribution in [0.25, 0.3) is 0 Å². The molecule has 0 aromatic heterocycles. The van der Waals surface area contributed by atoms with Crippen LogP contribution in [-0.4, -0.2) is 16.2 Å². The van der Waals surface area contributed by atoms with Crippen molar-refractivity contribution in [2.75, 3.05) is 5.33 Å². The number of ketones is 1. The van der Waals surface area contributed by atoms with Gasteiger partial charge in [0.25, 0.3) is 0 Å². The van der Waals surface area contributed by atoms with Gasteiger partial charge < -0.3 is 5.11 Å². The molecule has 1 N–H and O–H groups in total. The first-order chi connectivity index (χ1) is 8.65. The second kappa shape index (κ2) is 4.37. The smallest absolute Gasteiger partial charge is 0.173 e. The van der Waals surface area contributed by atoms with Gasteiger partial charge in [0.05, 0.1) is 5.33 Å². The normalized spacial score (nSPS) is 20.3. The van der Waals surface area contributed by atoms with Gasteiger partial charge in [0.2, 0.25) is 0 Å². The first-order valence-corrected chi connectivity index (χ1v) is 7.70. The number of alkyl halides is 1. The van der Waals surface area contributed by atoms with Gasteiger partial charge in [0, 0.05) is 5.56 Å². The summed E-state index contributed by atoms with van der Waals surface area (Å²) in [6, 6.07) is 3.47. The summed E-state index contributed by atoms with van der Waals surface area (Å²) in [4.78, 5) is 12.0. The molecule has 1 fully saturated rings. The van der Waals surface area contributed by atoms with Crippen molar-refractivity contribution in [3.8, 4) is 5.75 Å². The molecule has 0 radical (unpaired) electrons. The van der Waals surface area contributed by atoms with Gasteiger partial charge in [-0.3, -0.25) is 4.79 Å². The third kappa shape index (κ3) is 1.80. The van der Waals surface area contributed by atoms with Crippen LogP contribution >= 0.6 is 15.9 Å². The van der Waals surface area contributed by atoms with Crippen LogP contribution in [0.1, 0.15) is 47.2 Å². The second-order valence-corrected chi connectivity index (χ2v) is 6.27. The maximum Gasteiger partial charge on any atom is 0.173 e. The Kier molecular flexibility index (Phi) is 2.97. The van der Waals surface area contributed by atoms with Crippen LogP contribution in [0.4, 0.5) is 0 Å². The molecule has 0 bridgehead atoms. The van der Waals surface area contributed by atoms with Crippen molar-refractivity contribution in [1.82, 2.24) is 0 Å². The van der Waals surface area contributed by atoms with E-state index in [0.29, 0.717) is 16.5 Å². The summed E-state index contributed by atoms with van der Waals surface area (Å²) in [6.45, 7) is 0. The van der Waals surface area contributed by atoms with Crippen LogP contribution < -0.4 is 0 Å². The van der Waals surface area contributed by atoms with E-state index in [1.54, 1.807) is 12.1 Å². The zero-order chi connectivity index (χ0) is 12.8. The Labute approximate surface area is 116 Å². The van der Waals surface area contributed by atoms with Gasteiger partial charge >= 0.3 is 0 Å². The fourth-order valence-electron chi connectivity index (χ4n) is 3.70. The highest BCUT2D eigenvalue weighted by Crippen LogP contribution is 2.51. The zero-order valence-electron chi connectivity index (χ0n) is 10.3. The van der Waals surface area contributed by atoms with Gasteiger partial charge in [-0.2, -0.15) is 0 Å². The van der Waals surface area contributed by atoms with E-state index < -0.39 is 0 Å². The predicted molar refractivity (Wildman–Crippen MR) is 74.5 cm³/mol. The third-order valence-electron chi connectivity index (χ3n) is 4.60. The van der Waals surface area contributed by atoms with Gasteiger partial charge in [0.15, 0.2) is 5.78 Å². The standard InChI is InChI=1S/C15H17BrO2/c16-9-14(18)10-3-4-13(17)12-8-15(7-11(10)12)5-1-2-6-15/h3-4,17H,1-2,5-9H2. The molecule has 0 saturated heterocycles. The molecule has 2 aliphatic rings. The summed E-state index contributed by atoms with van der Waals surface area (Å²) >= 11 is 3.24. The van der Waals surface area contributed by atoms with Crippen molar-refractivity contribution < 1.29 is 9.90 Å². The highest BCUT2D eigenvalue weighted by atomic mass is 79.9. The van der Waals surface area contributed by atoms with Crippen LogP contribution in [0.2, 0.25) is 0 Å². The van der Waals surface area contributed by atoms with Gasteiger partial charge in [-0.25, -0.2) is 0 Å². The number of hydrogen-bond acceptors (Lipinski definition) is 2. The molecule has 1 aromatic carbocycles. The maximum atomic E-state index is 12.0. The molecule has 0 unspecified atom stereocenters. The SMILES string of the molecule is O=C(CBr)c1ccc(O)c2c1CC1(CCCC1)C2. The minimum Gasteiger partial charge on any atom is -0.508 e. The van der Waals surface area contributed by atoms with E-state index in [1.165, 1.54) is 25.7 Å². The number of phenols is 1. The zero-order valence-corrected chi connectivity index (χ0v) is 11.9. The third-order valence-corrected chi connectivity index (χ3v) is 5.11. The van der Waals surface area contributed by atoms with E-state index in [-0.39, 0.29) is 5.78 Å². The monoisotopic (exact) mass is 308 g/mol. The number of carbonyl (C=O) groups is 1. The van der Waals surface area contributed by atoms with E-state index >= 15 is 0 Å². The predicted octanol–water partition coefficient (Wildman–Crippen LogP) is 3.63. The quantitative estimate of drug-likeness (QED) is 0.669. The van der Waals surface area contributed by atoms with Crippen LogP contribution in [-0.2, 0) is 12.8 Å². The number of Topliss-reactive ketones (excluding diaryl/α,β-unsaturated/α-hetero) is 1. The van der Waals surface area contributed by atoms with E-state index in [4.69, 9.17) is 0 Å². The molecule has 0 heterocycles. The maximum absolute atomic E-state index is 12.0. The molecule has 1 aromatic rings. The average molecular weight is 309 g/mol. The Morgan fingerprint density at radius 3 is 2.56 bits per heavy atom. The topological polar surface area (TPSA) is 37.3 Å². The lowest BCUT2D eigenvalue weighted by Crippen LogP contribution is -2.16. The first kappa shape index (κ1) is 12.2. The number of hydrogen-bond donors (Lipinski definition) is 1. The lowest BCUT2D eigenvalue weighted by Gasteiger charge is -2.21. The summed E-state index contributed by atoms with van der Waals surface area (Å²) in [5.41, 5.74) is 3.29. The molecule has 1 spiro atoms. The molecule has 2 nitrogen and oxygen atoms in total. The lowest BCUT2D eigenvalue weighted by atomic mass is 9.83. The Bertz CT molecular complexity index is 501. The van der Waals surface area contributed by atoms with Gasteiger partial charge in [-0.05, 0) is 54.4 Å². The molecular formula is C15H17BrO2. The van der Waals surface area contributed by atoms with Crippen LogP contribution in [0.5, 0.6) is 5.75 Å². The second-order valence-electron chi connectivity index (χ2n) is 5.71. The summed E-state index contributed by atoms with van der Waals surface area (Å²) < 4.78 is 0. The molecule has 0 amide bonds. The molecule has 0 atom stereocenters. The van der Waals surface area contributed by atoms with Crippen molar-refractivity contribution in [2.24, 2.45) is 5.41 Å². The van der Waals surface area contributed by atoms with Crippen LogP contribution in [0, 0.1) is 5.41 Å². The molecular weight excluding hydrogens is 292 g/mol. The Morgan fingerprint density at radius 1 is 1.22 bits per heavy atom.